The van der Waals surface area contributed by atoms with Crippen LogP contribution < -0.4 is 0 Å². The Balaban J connectivity index is 2.80. The summed E-state index contributed by atoms with van der Waals surface area (Å²) in [4.78, 5) is 0. The van der Waals surface area contributed by atoms with Crippen molar-refractivity contribution in [1.29, 1.82) is 0 Å². The molecule has 0 atom stereocenters. The smallest absolute Gasteiger partial charge is 0.198 e. The summed E-state index contributed by atoms with van der Waals surface area (Å²) in [6.45, 7) is 0. The van der Waals surface area contributed by atoms with Crippen LogP contribution in [0.1, 0.15) is 6.42 Å². The third kappa shape index (κ3) is 1.31. The Labute approximate surface area is 66.2 Å². The molecule has 0 N–H and O–H groups in total. The topological polar surface area (TPSA) is 27.7 Å². The van der Waals surface area contributed by atoms with Gasteiger partial charge in [0.05, 0.1) is 21.3 Å². The van der Waals surface area contributed by atoms with Crippen LogP contribution in [0.25, 0.3) is 0 Å². The van der Waals surface area contributed by atoms with E-state index in [1.54, 1.807) is 21.3 Å². The molecule has 0 fully saturated rings. The van der Waals surface area contributed by atoms with Gasteiger partial charge in [0.15, 0.2) is 11.5 Å². The standard InChI is InChI=1S/C8H12O3/c1-9-6-4-5-7(10-2)8(6)11-3/h4H,5H2,1-3H3. The van der Waals surface area contributed by atoms with Crippen LogP contribution in [0.5, 0.6) is 0 Å². The zero-order valence-corrected chi connectivity index (χ0v) is 7.01. The lowest BCUT2D eigenvalue weighted by atomic mass is 10.4. The molecule has 62 valence electrons. The molecule has 1 rings (SSSR count). The van der Waals surface area contributed by atoms with Crippen LogP contribution in [-0.2, 0) is 14.2 Å². The summed E-state index contributed by atoms with van der Waals surface area (Å²) in [5.74, 6) is 2.28. The number of hydrogen-bond donors (Lipinski definition) is 0. The van der Waals surface area contributed by atoms with Gasteiger partial charge in [-0.25, -0.2) is 0 Å². The van der Waals surface area contributed by atoms with Gasteiger partial charge in [-0.1, -0.05) is 0 Å². The van der Waals surface area contributed by atoms with Crippen molar-refractivity contribution in [3.05, 3.63) is 23.4 Å². The number of allylic oxidation sites excluding steroid dienone is 1. The molecule has 0 radical (unpaired) electrons. The van der Waals surface area contributed by atoms with Gasteiger partial charge in [-0.2, -0.15) is 0 Å². The quantitative estimate of drug-likeness (QED) is 0.618. The first-order chi connectivity index (χ1) is 5.33. The summed E-state index contributed by atoms with van der Waals surface area (Å²) in [5, 5.41) is 0. The maximum atomic E-state index is 5.08. The van der Waals surface area contributed by atoms with E-state index in [0.717, 1.165) is 17.9 Å². The van der Waals surface area contributed by atoms with Crippen LogP contribution in [0.3, 0.4) is 0 Å². The van der Waals surface area contributed by atoms with Crippen LogP contribution in [-0.4, -0.2) is 21.3 Å². The second-order valence-electron chi connectivity index (χ2n) is 2.14. The molecule has 0 saturated heterocycles. The lowest BCUT2D eigenvalue weighted by Crippen LogP contribution is -1.95. The van der Waals surface area contributed by atoms with Gasteiger partial charge < -0.3 is 14.2 Å². The van der Waals surface area contributed by atoms with Crippen LogP contribution >= 0.6 is 0 Å². The van der Waals surface area contributed by atoms with E-state index in [1.807, 2.05) is 6.08 Å². The van der Waals surface area contributed by atoms with Crippen molar-refractivity contribution in [2.24, 2.45) is 0 Å². The summed E-state index contributed by atoms with van der Waals surface area (Å²) in [6.07, 6.45) is 2.68. The van der Waals surface area contributed by atoms with E-state index in [-0.39, 0.29) is 0 Å². The first-order valence-electron chi connectivity index (χ1n) is 3.39. The Morgan fingerprint density at radius 2 is 1.82 bits per heavy atom. The van der Waals surface area contributed by atoms with E-state index < -0.39 is 0 Å². The molecule has 0 heterocycles. The Hall–Kier alpha value is -1.12. The van der Waals surface area contributed by atoms with Gasteiger partial charge in [0.25, 0.3) is 0 Å². The number of methoxy groups -OCH3 is 3. The molecule has 3 nitrogen and oxygen atoms in total. The molecule has 1 aliphatic rings. The van der Waals surface area contributed by atoms with E-state index in [9.17, 15) is 0 Å². The van der Waals surface area contributed by atoms with Crippen molar-refractivity contribution in [3.63, 3.8) is 0 Å². The molecule has 1 aliphatic carbocycles. The molecular formula is C8H12O3. The van der Waals surface area contributed by atoms with Crippen molar-refractivity contribution in [3.8, 4) is 0 Å². The second kappa shape index (κ2) is 3.32. The van der Waals surface area contributed by atoms with Crippen molar-refractivity contribution in [2.45, 2.75) is 6.42 Å². The SMILES string of the molecule is COC1=CCC(OC)=C1OC. The number of hydrogen-bond acceptors (Lipinski definition) is 3. The Morgan fingerprint density at radius 1 is 1.09 bits per heavy atom. The molecule has 11 heavy (non-hydrogen) atoms. The maximum absolute atomic E-state index is 5.08. The maximum Gasteiger partial charge on any atom is 0.198 e. The van der Waals surface area contributed by atoms with E-state index in [2.05, 4.69) is 0 Å². The van der Waals surface area contributed by atoms with Gasteiger partial charge >= 0.3 is 0 Å². The average molecular weight is 156 g/mol. The van der Waals surface area contributed by atoms with Crippen LogP contribution in [0.2, 0.25) is 0 Å². The lowest BCUT2D eigenvalue weighted by molar-refractivity contribution is 0.193. The zero-order chi connectivity index (χ0) is 8.27. The molecular weight excluding hydrogens is 144 g/mol. The van der Waals surface area contributed by atoms with Gasteiger partial charge in [0.1, 0.15) is 5.76 Å². The molecule has 0 aromatic heterocycles. The highest BCUT2D eigenvalue weighted by Gasteiger charge is 2.19. The Kier molecular flexibility index (Phi) is 2.41. The van der Waals surface area contributed by atoms with Gasteiger partial charge in [-0.05, 0) is 6.08 Å². The van der Waals surface area contributed by atoms with Crippen LogP contribution in [0.15, 0.2) is 23.4 Å². The van der Waals surface area contributed by atoms with Crippen molar-refractivity contribution < 1.29 is 14.2 Å². The van der Waals surface area contributed by atoms with E-state index >= 15 is 0 Å². The molecule has 0 bridgehead atoms. The molecule has 0 aromatic carbocycles. The van der Waals surface area contributed by atoms with Crippen LogP contribution in [0, 0.1) is 0 Å². The highest BCUT2D eigenvalue weighted by Crippen LogP contribution is 2.26. The van der Waals surface area contributed by atoms with Crippen molar-refractivity contribution in [2.75, 3.05) is 21.3 Å². The van der Waals surface area contributed by atoms with E-state index in [4.69, 9.17) is 14.2 Å². The fraction of sp³-hybridized carbons (Fsp3) is 0.500. The minimum absolute atomic E-state index is 0.704. The second-order valence-corrected chi connectivity index (χ2v) is 2.14. The highest BCUT2D eigenvalue weighted by molar-refractivity contribution is 5.31. The first-order valence-corrected chi connectivity index (χ1v) is 3.39. The van der Waals surface area contributed by atoms with Gasteiger partial charge in [0, 0.05) is 6.42 Å². The van der Waals surface area contributed by atoms with Gasteiger partial charge in [-0.3, -0.25) is 0 Å². The minimum Gasteiger partial charge on any atom is -0.497 e. The third-order valence-electron chi connectivity index (χ3n) is 1.62. The predicted octanol–water partition coefficient (Wildman–Crippen LogP) is 1.42. The number of ether oxygens (including phenoxy) is 3. The fourth-order valence-corrected chi connectivity index (χ4v) is 1.07. The van der Waals surface area contributed by atoms with Crippen molar-refractivity contribution in [1.82, 2.24) is 0 Å². The fourth-order valence-electron chi connectivity index (χ4n) is 1.07. The molecule has 0 aromatic rings. The highest BCUT2D eigenvalue weighted by atomic mass is 16.5. The Morgan fingerprint density at radius 3 is 2.27 bits per heavy atom. The largest absolute Gasteiger partial charge is 0.497 e. The van der Waals surface area contributed by atoms with Gasteiger partial charge in [-0.15, -0.1) is 0 Å². The Bertz CT molecular complexity index is 203. The predicted molar refractivity (Wildman–Crippen MR) is 40.8 cm³/mol. The minimum atomic E-state index is 0.704. The summed E-state index contributed by atoms with van der Waals surface area (Å²) in [6, 6.07) is 0. The van der Waals surface area contributed by atoms with Gasteiger partial charge in [0.2, 0.25) is 0 Å². The normalized spacial score (nSPS) is 16.5. The first kappa shape index (κ1) is 7.98. The monoisotopic (exact) mass is 156 g/mol. The molecule has 0 spiro atoms. The average Bonchev–Trinajstić information content (AvgIpc) is 2.45. The lowest BCUT2D eigenvalue weighted by Gasteiger charge is -2.07. The summed E-state index contributed by atoms with van der Waals surface area (Å²) >= 11 is 0. The molecule has 3 heteroatoms. The van der Waals surface area contributed by atoms with Crippen molar-refractivity contribution >= 4 is 0 Å². The molecule has 0 saturated carbocycles. The molecule has 0 amide bonds. The van der Waals surface area contributed by atoms with Crippen LogP contribution in [0.4, 0.5) is 0 Å². The number of rotatable bonds is 3. The van der Waals surface area contributed by atoms with E-state index in [0.29, 0.717) is 5.76 Å². The third-order valence-corrected chi connectivity index (χ3v) is 1.62. The molecule has 0 unspecified atom stereocenters. The van der Waals surface area contributed by atoms with E-state index in [1.165, 1.54) is 0 Å². The summed E-state index contributed by atoms with van der Waals surface area (Å²) in [5.41, 5.74) is 0. The summed E-state index contributed by atoms with van der Waals surface area (Å²) in [7, 11) is 4.84. The molecule has 0 aliphatic heterocycles. The summed E-state index contributed by atoms with van der Waals surface area (Å²) < 4.78 is 15.2. The zero-order valence-electron chi connectivity index (χ0n) is 7.01.